The first kappa shape index (κ1) is 12.7. The van der Waals surface area contributed by atoms with Gasteiger partial charge in [-0.1, -0.05) is 23.4 Å². The number of rotatable bonds is 4. The molecule has 1 N–H and O–H groups in total. The molecule has 2 aromatic carbocycles. The van der Waals surface area contributed by atoms with Crippen molar-refractivity contribution in [1.82, 2.24) is 0 Å². The fourth-order valence-electron chi connectivity index (χ4n) is 1.63. The van der Waals surface area contributed by atoms with Gasteiger partial charge in [0.1, 0.15) is 12.4 Å². The highest BCUT2D eigenvalue weighted by Gasteiger charge is 2.01. The Morgan fingerprint density at radius 2 is 1.89 bits per heavy atom. The van der Waals surface area contributed by atoms with E-state index in [1.165, 1.54) is 6.21 Å². The minimum Gasteiger partial charge on any atom is -0.489 e. The predicted molar refractivity (Wildman–Crippen MR) is 71.3 cm³/mol. The molecule has 0 aliphatic heterocycles. The van der Waals surface area contributed by atoms with E-state index in [-0.39, 0.29) is 0 Å². The number of nitrogens with zero attached hydrogens (tertiary/aromatic N) is 2. The Morgan fingerprint density at radius 1 is 1.16 bits per heavy atom. The second kappa shape index (κ2) is 6.22. The Hall–Kier alpha value is -2.80. The summed E-state index contributed by atoms with van der Waals surface area (Å²) in [5, 5.41) is 20.3. The summed E-state index contributed by atoms with van der Waals surface area (Å²) < 4.78 is 5.61. The molecular formula is C15H12N2O2. The molecule has 0 aromatic heterocycles. The summed E-state index contributed by atoms with van der Waals surface area (Å²) in [6.45, 7) is 0.344. The quantitative estimate of drug-likeness (QED) is 0.517. The number of nitriles is 1. The summed E-state index contributed by atoms with van der Waals surface area (Å²) in [6, 6.07) is 16.6. The van der Waals surface area contributed by atoms with Crippen LogP contribution in [0.1, 0.15) is 16.7 Å². The average Bonchev–Trinajstić information content (AvgIpc) is 2.47. The SMILES string of the molecule is N#Cc1ccccc1COc1ccc(C=NO)cc1. The Balaban J connectivity index is 2.04. The molecule has 0 unspecified atom stereocenters. The van der Waals surface area contributed by atoms with Crippen LogP contribution in [0.25, 0.3) is 0 Å². The fourth-order valence-corrected chi connectivity index (χ4v) is 1.63. The largest absolute Gasteiger partial charge is 0.489 e. The molecule has 0 bridgehead atoms. The van der Waals surface area contributed by atoms with E-state index in [9.17, 15) is 0 Å². The molecule has 0 heterocycles. The van der Waals surface area contributed by atoms with Gasteiger partial charge in [0, 0.05) is 5.56 Å². The zero-order valence-electron chi connectivity index (χ0n) is 10.2. The maximum Gasteiger partial charge on any atom is 0.119 e. The number of hydrogen-bond donors (Lipinski definition) is 1. The van der Waals surface area contributed by atoms with E-state index in [0.29, 0.717) is 17.9 Å². The molecule has 0 radical (unpaired) electrons. The van der Waals surface area contributed by atoms with Crippen molar-refractivity contribution in [3.8, 4) is 11.8 Å². The van der Waals surface area contributed by atoms with Crippen LogP contribution in [0.3, 0.4) is 0 Å². The maximum absolute atomic E-state index is 8.97. The topological polar surface area (TPSA) is 65.6 Å². The number of hydrogen-bond acceptors (Lipinski definition) is 4. The van der Waals surface area contributed by atoms with Gasteiger partial charge in [-0.25, -0.2) is 0 Å². The molecule has 0 fully saturated rings. The number of benzene rings is 2. The van der Waals surface area contributed by atoms with Crippen molar-refractivity contribution < 1.29 is 9.94 Å². The summed E-state index contributed by atoms with van der Waals surface area (Å²) in [6.07, 6.45) is 1.34. The molecule has 0 aliphatic rings. The van der Waals surface area contributed by atoms with Crippen molar-refractivity contribution in [2.45, 2.75) is 6.61 Å². The smallest absolute Gasteiger partial charge is 0.119 e. The van der Waals surface area contributed by atoms with Crippen molar-refractivity contribution in [1.29, 1.82) is 5.26 Å². The van der Waals surface area contributed by atoms with Crippen molar-refractivity contribution in [3.05, 3.63) is 65.2 Å². The van der Waals surface area contributed by atoms with Gasteiger partial charge in [0.05, 0.1) is 17.8 Å². The van der Waals surface area contributed by atoms with Crippen LogP contribution in [-0.2, 0) is 6.61 Å². The third kappa shape index (κ3) is 3.33. The summed E-state index contributed by atoms with van der Waals surface area (Å²) in [5.74, 6) is 0.697. The zero-order valence-corrected chi connectivity index (χ0v) is 10.2. The van der Waals surface area contributed by atoms with Crippen LogP contribution in [0.5, 0.6) is 5.75 Å². The van der Waals surface area contributed by atoms with Gasteiger partial charge in [-0.3, -0.25) is 0 Å². The first-order chi connectivity index (χ1) is 9.33. The lowest BCUT2D eigenvalue weighted by Gasteiger charge is -2.07. The van der Waals surface area contributed by atoms with E-state index in [1.807, 2.05) is 18.2 Å². The van der Waals surface area contributed by atoms with Crippen LogP contribution < -0.4 is 4.74 Å². The first-order valence-corrected chi connectivity index (χ1v) is 5.72. The summed E-state index contributed by atoms with van der Waals surface area (Å²) in [4.78, 5) is 0. The van der Waals surface area contributed by atoms with Gasteiger partial charge in [0.25, 0.3) is 0 Å². The zero-order chi connectivity index (χ0) is 13.5. The van der Waals surface area contributed by atoms with Gasteiger partial charge in [-0.15, -0.1) is 0 Å². The van der Waals surface area contributed by atoms with Crippen molar-refractivity contribution in [2.24, 2.45) is 5.16 Å². The number of oxime groups is 1. The lowest BCUT2D eigenvalue weighted by Crippen LogP contribution is -1.98. The molecule has 0 atom stereocenters. The van der Waals surface area contributed by atoms with Gasteiger partial charge >= 0.3 is 0 Å². The van der Waals surface area contributed by atoms with Crippen molar-refractivity contribution in [3.63, 3.8) is 0 Å². The van der Waals surface area contributed by atoms with Gasteiger partial charge < -0.3 is 9.94 Å². The monoisotopic (exact) mass is 252 g/mol. The van der Waals surface area contributed by atoms with E-state index in [1.54, 1.807) is 30.3 Å². The normalized spacial score (nSPS) is 10.3. The van der Waals surface area contributed by atoms with Gasteiger partial charge in [0.2, 0.25) is 0 Å². The Bertz CT molecular complexity index is 613. The maximum atomic E-state index is 8.97. The van der Waals surface area contributed by atoms with E-state index < -0.39 is 0 Å². The molecule has 0 spiro atoms. The highest BCUT2D eigenvalue weighted by molar-refractivity contribution is 5.79. The Morgan fingerprint density at radius 3 is 2.58 bits per heavy atom. The van der Waals surface area contributed by atoms with E-state index in [2.05, 4.69) is 11.2 Å². The third-order valence-corrected chi connectivity index (χ3v) is 2.62. The van der Waals surface area contributed by atoms with E-state index in [0.717, 1.165) is 11.1 Å². The molecule has 0 saturated heterocycles. The van der Waals surface area contributed by atoms with Crippen LogP contribution in [0.4, 0.5) is 0 Å². The molecular weight excluding hydrogens is 240 g/mol. The third-order valence-electron chi connectivity index (χ3n) is 2.62. The molecule has 0 amide bonds. The Labute approximate surface area is 111 Å². The van der Waals surface area contributed by atoms with Gasteiger partial charge in [0.15, 0.2) is 0 Å². The second-order valence-electron chi connectivity index (χ2n) is 3.87. The predicted octanol–water partition coefficient (Wildman–Crippen LogP) is 2.95. The average molecular weight is 252 g/mol. The molecule has 0 aliphatic carbocycles. The van der Waals surface area contributed by atoms with E-state index >= 15 is 0 Å². The molecule has 2 rings (SSSR count). The van der Waals surface area contributed by atoms with Gasteiger partial charge in [-0.2, -0.15) is 5.26 Å². The van der Waals surface area contributed by atoms with Crippen LogP contribution in [-0.4, -0.2) is 11.4 Å². The molecule has 19 heavy (non-hydrogen) atoms. The molecule has 4 nitrogen and oxygen atoms in total. The number of ether oxygens (including phenoxy) is 1. The molecule has 2 aromatic rings. The fraction of sp³-hybridized carbons (Fsp3) is 0.0667. The lowest BCUT2D eigenvalue weighted by molar-refractivity contribution is 0.306. The minimum atomic E-state index is 0.344. The van der Waals surface area contributed by atoms with Crippen molar-refractivity contribution >= 4 is 6.21 Å². The summed E-state index contributed by atoms with van der Waals surface area (Å²) >= 11 is 0. The van der Waals surface area contributed by atoms with Crippen LogP contribution in [0.2, 0.25) is 0 Å². The Kier molecular flexibility index (Phi) is 4.14. The lowest BCUT2D eigenvalue weighted by atomic mass is 10.1. The minimum absolute atomic E-state index is 0.344. The highest BCUT2D eigenvalue weighted by Crippen LogP contribution is 2.15. The van der Waals surface area contributed by atoms with Crippen LogP contribution >= 0.6 is 0 Å². The van der Waals surface area contributed by atoms with E-state index in [4.69, 9.17) is 15.2 Å². The molecule has 4 heteroatoms. The van der Waals surface area contributed by atoms with Crippen LogP contribution in [0, 0.1) is 11.3 Å². The summed E-state index contributed by atoms with van der Waals surface area (Å²) in [7, 11) is 0. The first-order valence-electron chi connectivity index (χ1n) is 5.72. The standard InChI is InChI=1S/C15H12N2O2/c16-9-13-3-1-2-4-14(13)11-19-15-7-5-12(6-8-15)10-17-18/h1-8,10,18H,11H2. The van der Waals surface area contributed by atoms with Gasteiger partial charge in [-0.05, 0) is 35.9 Å². The second-order valence-corrected chi connectivity index (χ2v) is 3.87. The molecule has 94 valence electrons. The van der Waals surface area contributed by atoms with Crippen molar-refractivity contribution in [2.75, 3.05) is 0 Å². The van der Waals surface area contributed by atoms with Crippen LogP contribution in [0.15, 0.2) is 53.7 Å². The molecule has 0 saturated carbocycles. The summed E-state index contributed by atoms with van der Waals surface area (Å²) in [5.41, 5.74) is 2.25. The highest BCUT2D eigenvalue weighted by atomic mass is 16.5.